The molecule has 5 heteroatoms. The van der Waals surface area contributed by atoms with E-state index in [4.69, 9.17) is 17.3 Å². The topological polar surface area (TPSA) is 66.6 Å². The maximum Gasteiger partial charge on any atom is 0.254 e. The fraction of sp³-hybridized carbons (Fsp3) is 0.188. The van der Waals surface area contributed by atoms with Gasteiger partial charge in [-0.3, -0.25) is 4.79 Å². The van der Waals surface area contributed by atoms with Crippen LogP contribution in [0.2, 0.25) is 5.02 Å². The van der Waals surface area contributed by atoms with Gasteiger partial charge in [0.05, 0.1) is 5.02 Å². The zero-order valence-corrected chi connectivity index (χ0v) is 12.3. The number of carbonyl (C=O) groups excluding carboxylic acids is 1. The van der Waals surface area contributed by atoms with Gasteiger partial charge in [-0.25, -0.2) is 0 Å². The van der Waals surface area contributed by atoms with Crippen LogP contribution in [0.3, 0.4) is 0 Å². The van der Waals surface area contributed by atoms with Gasteiger partial charge in [-0.15, -0.1) is 0 Å². The van der Waals surface area contributed by atoms with Crippen LogP contribution in [0.25, 0.3) is 0 Å². The second-order valence-corrected chi connectivity index (χ2v) is 5.07. The molecule has 3 N–H and O–H groups in total. The van der Waals surface area contributed by atoms with Gasteiger partial charge in [0.2, 0.25) is 0 Å². The second kappa shape index (κ2) is 7.11. The largest absolute Gasteiger partial charge is 0.506 e. The highest BCUT2D eigenvalue weighted by atomic mass is 35.5. The molecule has 1 amide bonds. The van der Waals surface area contributed by atoms with Crippen LogP contribution in [0, 0.1) is 0 Å². The Balaban J connectivity index is 2.20. The first-order valence-electron chi connectivity index (χ1n) is 6.63. The Bertz CT molecular complexity index is 617. The summed E-state index contributed by atoms with van der Waals surface area (Å²) in [7, 11) is 0. The van der Waals surface area contributed by atoms with Crippen molar-refractivity contribution in [3.63, 3.8) is 0 Å². The van der Waals surface area contributed by atoms with Crippen LogP contribution in [0.5, 0.6) is 5.75 Å². The molecule has 110 valence electrons. The first-order chi connectivity index (χ1) is 10.1. The van der Waals surface area contributed by atoms with Crippen molar-refractivity contribution in [3.8, 4) is 5.75 Å². The number of carbonyl (C=O) groups is 1. The molecular weight excluding hydrogens is 288 g/mol. The van der Waals surface area contributed by atoms with Crippen LogP contribution in [0.4, 0.5) is 0 Å². The van der Waals surface area contributed by atoms with E-state index in [2.05, 4.69) is 0 Å². The molecule has 0 aliphatic rings. The molecule has 2 aromatic carbocycles. The second-order valence-electron chi connectivity index (χ2n) is 4.67. The average Bonchev–Trinajstić information content (AvgIpc) is 2.50. The molecule has 0 saturated heterocycles. The predicted molar refractivity (Wildman–Crippen MR) is 83.4 cm³/mol. The Hall–Kier alpha value is -2.04. The molecule has 0 bridgehead atoms. The average molecular weight is 305 g/mol. The summed E-state index contributed by atoms with van der Waals surface area (Å²) in [6.45, 7) is 1.31. The number of rotatable bonds is 5. The molecule has 0 radical (unpaired) electrons. The third kappa shape index (κ3) is 3.97. The summed E-state index contributed by atoms with van der Waals surface area (Å²) in [5.74, 6) is -0.201. The zero-order valence-electron chi connectivity index (χ0n) is 11.5. The number of phenols is 1. The molecule has 21 heavy (non-hydrogen) atoms. The molecule has 0 fully saturated rings. The van der Waals surface area contributed by atoms with Gasteiger partial charge < -0.3 is 15.7 Å². The summed E-state index contributed by atoms with van der Waals surface area (Å²) in [6.07, 6.45) is 0. The zero-order chi connectivity index (χ0) is 15.2. The SMILES string of the molecule is NCCN(Cc1ccccc1)C(=O)c1ccc(O)c(Cl)c1. The van der Waals surface area contributed by atoms with Crippen LogP contribution in [-0.2, 0) is 6.54 Å². The fourth-order valence-electron chi connectivity index (χ4n) is 2.03. The van der Waals surface area contributed by atoms with Crippen molar-refractivity contribution in [2.45, 2.75) is 6.54 Å². The normalized spacial score (nSPS) is 10.4. The third-order valence-corrected chi connectivity index (χ3v) is 3.40. The van der Waals surface area contributed by atoms with E-state index in [1.165, 1.54) is 12.1 Å². The van der Waals surface area contributed by atoms with Gasteiger partial charge in [0.1, 0.15) is 5.75 Å². The monoisotopic (exact) mass is 304 g/mol. The van der Waals surface area contributed by atoms with Crippen molar-refractivity contribution < 1.29 is 9.90 Å². The Morgan fingerprint density at radius 1 is 1.19 bits per heavy atom. The van der Waals surface area contributed by atoms with E-state index in [0.717, 1.165) is 5.56 Å². The molecule has 2 rings (SSSR count). The highest BCUT2D eigenvalue weighted by molar-refractivity contribution is 6.32. The fourth-order valence-corrected chi connectivity index (χ4v) is 2.22. The van der Waals surface area contributed by atoms with E-state index in [1.807, 2.05) is 30.3 Å². The van der Waals surface area contributed by atoms with Crippen molar-refractivity contribution in [2.75, 3.05) is 13.1 Å². The van der Waals surface area contributed by atoms with Gasteiger partial charge in [-0.2, -0.15) is 0 Å². The lowest BCUT2D eigenvalue weighted by Gasteiger charge is -2.22. The Kier molecular flexibility index (Phi) is 5.20. The van der Waals surface area contributed by atoms with Gasteiger partial charge in [-0.1, -0.05) is 41.9 Å². The highest BCUT2D eigenvalue weighted by Crippen LogP contribution is 2.24. The maximum absolute atomic E-state index is 12.5. The van der Waals surface area contributed by atoms with Crippen molar-refractivity contribution in [2.24, 2.45) is 5.73 Å². The molecule has 0 aromatic heterocycles. The van der Waals surface area contributed by atoms with Gasteiger partial charge in [0.25, 0.3) is 5.91 Å². The van der Waals surface area contributed by atoms with E-state index in [1.54, 1.807) is 11.0 Å². The Morgan fingerprint density at radius 3 is 2.52 bits per heavy atom. The molecule has 0 spiro atoms. The summed E-state index contributed by atoms with van der Waals surface area (Å²) >= 11 is 5.85. The molecular formula is C16H17ClN2O2. The number of benzene rings is 2. The highest BCUT2D eigenvalue weighted by Gasteiger charge is 2.16. The quantitative estimate of drug-likeness (QED) is 0.892. The number of phenolic OH excluding ortho intramolecular Hbond substituents is 1. The number of hydrogen-bond acceptors (Lipinski definition) is 3. The molecule has 0 heterocycles. The van der Waals surface area contributed by atoms with Crippen LogP contribution < -0.4 is 5.73 Å². The summed E-state index contributed by atoms with van der Waals surface area (Å²) in [5.41, 5.74) is 7.06. The van der Waals surface area contributed by atoms with E-state index < -0.39 is 0 Å². The Labute approximate surface area is 128 Å². The van der Waals surface area contributed by atoms with E-state index in [-0.39, 0.29) is 16.7 Å². The minimum Gasteiger partial charge on any atom is -0.506 e. The molecule has 0 saturated carbocycles. The molecule has 0 unspecified atom stereocenters. The minimum atomic E-state index is -0.161. The van der Waals surface area contributed by atoms with Gasteiger partial charge >= 0.3 is 0 Å². The maximum atomic E-state index is 12.5. The van der Waals surface area contributed by atoms with Gasteiger partial charge in [0.15, 0.2) is 0 Å². The van der Waals surface area contributed by atoms with Gasteiger partial charge in [0, 0.05) is 25.2 Å². The molecule has 2 aromatic rings. The standard InChI is InChI=1S/C16H17ClN2O2/c17-14-10-13(6-7-15(14)20)16(21)19(9-8-18)11-12-4-2-1-3-5-12/h1-7,10,20H,8-9,11,18H2. The third-order valence-electron chi connectivity index (χ3n) is 3.10. The first-order valence-corrected chi connectivity index (χ1v) is 7.01. The van der Waals surface area contributed by atoms with Crippen molar-refractivity contribution >= 4 is 17.5 Å². The molecule has 0 aliphatic carbocycles. The summed E-state index contributed by atoms with van der Waals surface area (Å²) in [4.78, 5) is 14.2. The number of nitrogens with two attached hydrogens (primary N) is 1. The van der Waals surface area contributed by atoms with Crippen LogP contribution >= 0.6 is 11.6 Å². The summed E-state index contributed by atoms with van der Waals surface area (Å²) < 4.78 is 0. The van der Waals surface area contributed by atoms with Crippen LogP contribution in [0.1, 0.15) is 15.9 Å². The minimum absolute atomic E-state index is 0.0401. The lowest BCUT2D eigenvalue weighted by atomic mass is 10.1. The number of halogens is 1. The van der Waals surface area contributed by atoms with E-state index in [9.17, 15) is 9.90 Å². The van der Waals surface area contributed by atoms with Crippen LogP contribution in [0.15, 0.2) is 48.5 Å². The lowest BCUT2D eigenvalue weighted by molar-refractivity contribution is 0.0748. The van der Waals surface area contributed by atoms with Crippen molar-refractivity contribution in [3.05, 3.63) is 64.7 Å². The van der Waals surface area contributed by atoms with Crippen molar-refractivity contribution in [1.29, 1.82) is 0 Å². The number of amides is 1. The predicted octanol–water partition coefficient (Wildman–Crippen LogP) is 2.65. The molecule has 0 aliphatic heterocycles. The smallest absolute Gasteiger partial charge is 0.254 e. The first kappa shape index (κ1) is 15.4. The van der Waals surface area contributed by atoms with Crippen molar-refractivity contribution in [1.82, 2.24) is 4.90 Å². The van der Waals surface area contributed by atoms with E-state index in [0.29, 0.717) is 25.2 Å². The van der Waals surface area contributed by atoms with Crippen LogP contribution in [-0.4, -0.2) is 29.0 Å². The van der Waals surface area contributed by atoms with E-state index >= 15 is 0 Å². The number of hydrogen-bond donors (Lipinski definition) is 2. The summed E-state index contributed by atoms with van der Waals surface area (Å²) in [5, 5.41) is 9.59. The molecule has 0 atom stereocenters. The number of aromatic hydroxyl groups is 1. The lowest BCUT2D eigenvalue weighted by Crippen LogP contribution is -2.34. The Morgan fingerprint density at radius 2 is 1.90 bits per heavy atom. The van der Waals surface area contributed by atoms with Gasteiger partial charge in [-0.05, 0) is 23.8 Å². The summed E-state index contributed by atoms with van der Waals surface area (Å²) in [6, 6.07) is 14.1. The molecule has 4 nitrogen and oxygen atoms in total. The number of nitrogens with zero attached hydrogens (tertiary/aromatic N) is 1.